The number of imide groups is 1. The molecule has 0 spiro atoms. The first-order valence-electron chi connectivity index (χ1n) is 6.46. The number of amides is 2. The number of aromatic hydroxyl groups is 2. The van der Waals surface area contributed by atoms with E-state index in [0.717, 1.165) is 16.7 Å². The van der Waals surface area contributed by atoms with Gasteiger partial charge in [-0.15, -0.1) is 0 Å². The van der Waals surface area contributed by atoms with Gasteiger partial charge >= 0.3 is 5.97 Å². The SMILES string of the molecule is O=C(ON1C(=O)C=CC1=O)c1ccccc1-n1c(O)ccc1O. The largest absolute Gasteiger partial charge is 0.494 e. The number of hydroxylamine groups is 2. The van der Waals surface area contributed by atoms with E-state index in [-0.39, 0.29) is 23.0 Å². The highest BCUT2D eigenvalue weighted by molar-refractivity contribution is 6.13. The van der Waals surface area contributed by atoms with Crippen LogP contribution in [0.25, 0.3) is 5.69 Å². The molecule has 8 nitrogen and oxygen atoms in total. The molecule has 1 aliphatic heterocycles. The van der Waals surface area contributed by atoms with Crippen LogP contribution in [0.5, 0.6) is 11.8 Å². The zero-order valence-corrected chi connectivity index (χ0v) is 11.5. The third-order valence-corrected chi connectivity index (χ3v) is 3.15. The van der Waals surface area contributed by atoms with E-state index < -0.39 is 17.8 Å². The monoisotopic (exact) mass is 314 g/mol. The van der Waals surface area contributed by atoms with Gasteiger partial charge < -0.3 is 15.1 Å². The van der Waals surface area contributed by atoms with Crippen LogP contribution in [0.4, 0.5) is 0 Å². The van der Waals surface area contributed by atoms with Gasteiger partial charge in [-0.25, -0.2) is 4.79 Å². The second-order valence-corrected chi connectivity index (χ2v) is 4.59. The number of rotatable bonds is 3. The van der Waals surface area contributed by atoms with Crippen LogP contribution in [0.15, 0.2) is 48.6 Å². The lowest BCUT2D eigenvalue weighted by Crippen LogP contribution is -2.33. The summed E-state index contributed by atoms with van der Waals surface area (Å²) in [6.07, 6.45) is 1.95. The second-order valence-electron chi connectivity index (χ2n) is 4.59. The van der Waals surface area contributed by atoms with Gasteiger partial charge in [-0.3, -0.25) is 14.2 Å². The molecule has 2 aromatic rings. The number of carbonyl (C=O) groups excluding carboxylic acids is 3. The molecule has 1 aromatic heterocycles. The number of nitrogens with zero attached hydrogens (tertiary/aromatic N) is 2. The van der Waals surface area contributed by atoms with Gasteiger partial charge in [0.1, 0.15) is 0 Å². The van der Waals surface area contributed by atoms with Crippen molar-refractivity contribution in [3.8, 4) is 17.4 Å². The number of hydrogen-bond acceptors (Lipinski definition) is 6. The Morgan fingerprint density at radius 2 is 1.48 bits per heavy atom. The number of para-hydroxylation sites is 1. The summed E-state index contributed by atoms with van der Waals surface area (Å²) in [5.74, 6) is -3.12. The molecular formula is C15H10N2O6. The Kier molecular flexibility index (Phi) is 3.34. The number of carbonyl (C=O) groups is 3. The smallest absolute Gasteiger partial charge is 0.366 e. The molecule has 0 bridgehead atoms. The van der Waals surface area contributed by atoms with Crippen LogP contribution >= 0.6 is 0 Å². The molecule has 2 N–H and O–H groups in total. The van der Waals surface area contributed by atoms with Crippen molar-refractivity contribution in [2.75, 3.05) is 0 Å². The minimum Gasteiger partial charge on any atom is -0.494 e. The van der Waals surface area contributed by atoms with Crippen LogP contribution in [0.3, 0.4) is 0 Å². The molecule has 0 atom stereocenters. The van der Waals surface area contributed by atoms with Crippen molar-refractivity contribution in [1.82, 2.24) is 9.63 Å². The van der Waals surface area contributed by atoms with Gasteiger partial charge in [-0.2, -0.15) is 0 Å². The highest BCUT2D eigenvalue weighted by Crippen LogP contribution is 2.29. The number of aromatic nitrogens is 1. The van der Waals surface area contributed by atoms with E-state index in [2.05, 4.69) is 0 Å². The molecule has 0 saturated heterocycles. The van der Waals surface area contributed by atoms with E-state index >= 15 is 0 Å². The molecule has 0 aliphatic carbocycles. The minimum atomic E-state index is -0.987. The summed E-state index contributed by atoms with van der Waals surface area (Å²) in [4.78, 5) is 39.9. The average molecular weight is 314 g/mol. The Hall–Kier alpha value is -3.55. The average Bonchev–Trinajstić information content (AvgIpc) is 3.03. The zero-order valence-electron chi connectivity index (χ0n) is 11.5. The van der Waals surface area contributed by atoms with Crippen LogP contribution in [-0.4, -0.2) is 37.6 Å². The van der Waals surface area contributed by atoms with Crippen molar-refractivity contribution in [1.29, 1.82) is 0 Å². The molecule has 0 saturated carbocycles. The Balaban J connectivity index is 1.96. The molecule has 3 rings (SSSR count). The standard InChI is InChI=1S/C15H10N2O6/c18-11-5-6-12(19)16(11)10-4-2-1-3-9(10)15(22)23-17-13(20)7-8-14(17)21/h1-8,18-19H. The van der Waals surface area contributed by atoms with E-state index in [4.69, 9.17) is 4.84 Å². The summed E-state index contributed by atoms with van der Waals surface area (Å²) in [5.41, 5.74) is 0.0753. The summed E-state index contributed by atoms with van der Waals surface area (Å²) in [6.45, 7) is 0. The zero-order chi connectivity index (χ0) is 16.6. The van der Waals surface area contributed by atoms with Crippen molar-refractivity contribution in [3.63, 3.8) is 0 Å². The van der Waals surface area contributed by atoms with Crippen LogP contribution in [0.1, 0.15) is 10.4 Å². The fourth-order valence-corrected chi connectivity index (χ4v) is 2.11. The van der Waals surface area contributed by atoms with Gasteiger partial charge in [0.2, 0.25) is 0 Å². The van der Waals surface area contributed by atoms with E-state index in [1.54, 1.807) is 6.07 Å². The minimum absolute atomic E-state index is 0.0539. The van der Waals surface area contributed by atoms with Crippen molar-refractivity contribution < 1.29 is 29.4 Å². The Bertz CT molecular complexity index is 814. The summed E-state index contributed by atoms with van der Waals surface area (Å²) in [5, 5.41) is 19.9. The topological polar surface area (TPSA) is 109 Å². The van der Waals surface area contributed by atoms with Crippen molar-refractivity contribution >= 4 is 17.8 Å². The van der Waals surface area contributed by atoms with Gasteiger partial charge in [0.15, 0.2) is 11.8 Å². The van der Waals surface area contributed by atoms with Crippen LogP contribution in [0.2, 0.25) is 0 Å². The first kappa shape index (κ1) is 14.4. The van der Waals surface area contributed by atoms with Gasteiger partial charge in [0, 0.05) is 24.3 Å². The third kappa shape index (κ3) is 2.42. The maximum atomic E-state index is 12.3. The van der Waals surface area contributed by atoms with Gasteiger partial charge in [-0.05, 0) is 12.1 Å². The molecule has 0 unspecified atom stereocenters. The van der Waals surface area contributed by atoms with E-state index in [1.807, 2.05) is 0 Å². The van der Waals surface area contributed by atoms with Crippen LogP contribution in [-0.2, 0) is 14.4 Å². The van der Waals surface area contributed by atoms with Crippen molar-refractivity contribution in [2.45, 2.75) is 0 Å². The Morgan fingerprint density at radius 3 is 2.09 bits per heavy atom. The Labute approximate surface area is 129 Å². The predicted molar refractivity (Wildman–Crippen MR) is 75.5 cm³/mol. The van der Waals surface area contributed by atoms with Crippen LogP contribution < -0.4 is 0 Å². The molecule has 2 heterocycles. The fourth-order valence-electron chi connectivity index (χ4n) is 2.11. The second kappa shape index (κ2) is 5.34. The first-order valence-corrected chi connectivity index (χ1v) is 6.46. The lowest BCUT2D eigenvalue weighted by atomic mass is 10.2. The Morgan fingerprint density at radius 1 is 0.913 bits per heavy atom. The van der Waals surface area contributed by atoms with Gasteiger partial charge in [0.25, 0.3) is 11.8 Å². The van der Waals surface area contributed by atoms with Crippen molar-refractivity contribution in [3.05, 3.63) is 54.1 Å². The predicted octanol–water partition coefficient (Wildman–Crippen LogP) is 0.885. The third-order valence-electron chi connectivity index (χ3n) is 3.15. The summed E-state index contributed by atoms with van der Waals surface area (Å²) < 4.78 is 1.02. The van der Waals surface area contributed by atoms with E-state index in [0.29, 0.717) is 5.06 Å². The quantitative estimate of drug-likeness (QED) is 0.814. The lowest BCUT2D eigenvalue weighted by molar-refractivity contribution is -0.170. The molecule has 1 aromatic carbocycles. The molecule has 8 heteroatoms. The highest BCUT2D eigenvalue weighted by Gasteiger charge is 2.29. The maximum Gasteiger partial charge on any atom is 0.366 e. The summed E-state index contributed by atoms with van der Waals surface area (Å²) in [6, 6.07) is 8.43. The lowest BCUT2D eigenvalue weighted by Gasteiger charge is -2.15. The van der Waals surface area contributed by atoms with E-state index in [1.165, 1.54) is 30.3 Å². The molecule has 0 fully saturated rings. The van der Waals surface area contributed by atoms with Crippen molar-refractivity contribution in [2.24, 2.45) is 0 Å². The fraction of sp³-hybridized carbons (Fsp3) is 0. The highest BCUT2D eigenvalue weighted by atomic mass is 16.7. The molecule has 1 aliphatic rings. The first-order chi connectivity index (χ1) is 11.0. The molecule has 116 valence electrons. The van der Waals surface area contributed by atoms with E-state index in [9.17, 15) is 24.6 Å². The van der Waals surface area contributed by atoms with Crippen LogP contribution in [0, 0.1) is 0 Å². The normalized spacial score (nSPS) is 13.7. The number of hydrogen-bond donors (Lipinski definition) is 2. The van der Waals surface area contributed by atoms with Gasteiger partial charge in [-0.1, -0.05) is 17.2 Å². The molecule has 23 heavy (non-hydrogen) atoms. The summed E-state index contributed by atoms with van der Waals surface area (Å²) >= 11 is 0. The summed E-state index contributed by atoms with van der Waals surface area (Å²) in [7, 11) is 0. The van der Waals surface area contributed by atoms with Gasteiger partial charge in [0.05, 0.1) is 11.3 Å². The maximum absolute atomic E-state index is 12.3. The molecule has 2 amide bonds. The molecular weight excluding hydrogens is 304 g/mol. The number of benzene rings is 1. The molecule has 0 radical (unpaired) electrons.